The van der Waals surface area contributed by atoms with Crippen molar-refractivity contribution in [2.45, 2.75) is 31.8 Å². The molecule has 1 unspecified atom stereocenters. The fourth-order valence-corrected chi connectivity index (χ4v) is 4.34. The minimum absolute atomic E-state index is 0.183. The quantitative estimate of drug-likeness (QED) is 0.450. The van der Waals surface area contributed by atoms with Crippen molar-refractivity contribution in [1.82, 2.24) is 30.2 Å². The molecule has 27 heavy (non-hydrogen) atoms. The number of carbonyl (C=O) groups excluding carboxylic acids is 1. The van der Waals surface area contributed by atoms with Gasteiger partial charge in [0, 0.05) is 77.5 Å². The highest BCUT2D eigenvalue weighted by molar-refractivity contribution is 5.80. The highest BCUT2D eigenvalue weighted by atomic mass is 16.2. The van der Waals surface area contributed by atoms with Crippen molar-refractivity contribution in [3.05, 3.63) is 0 Å². The summed E-state index contributed by atoms with van der Waals surface area (Å²) < 4.78 is 0. The molecule has 2 bridgehead atoms. The van der Waals surface area contributed by atoms with E-state index in [0.717, 1.165) is 64.6 Å². The Bertz CT molecular complexity index is 534. The summed E-state index contributed by atoms with van der Waals surface area (Å²) >= 11 is 0. The third kappa shape index (κ3) is 5.12. The Balaban J connectivity index is 1.25. The molecule has 0 aromatic carbocycles. The van der Waals surface area contributed by atoms with E-state index in [0.29, 0.717) is 18.6 Å². The first-order valence-corrected chi connectivity index (χ1v) is 10.7. The second-order valence-electron chi connectivity index (χ2n) is 8.29. The van der Waals surface area contributed by atoms with Crippen molar-refractivity contribution < 1.29 is 4.79 Å². The minimum atomic E-state index is 0.183. The van der Waals surface area contributed by atoms with Gasteiger partial charge < -0.3 is 15.5 Å². The van der Waals surface area contributed by atoms with E-state index in [4.69, 9.17) is 4.99 Å². The van der Waals surface area contributed by atoms with Crippen LogP contribution < -0.4 is 10.6 Å². The van der Waals surface area contributed by atoms with E-state index in [1.807, 2.05) is 0 Å². The lowest BCUT2D eigenvalue weighted by Gasteiger charge is -2.47. The third-order valence-electron chi connectivity index (χ3n) is 6.16. The summed E-state index contributed by atoms with van der Waals surface area (Å²) in [7, 11) is 0. The number of fused-ring (bicyclic) bond motifs is 3. The average molecular weight is 378 g/mol. The van der Waals surface area contributed by atoms with Crippen LogP contribution in [0.1, 0.15) is 19.8 Å². The van der Waals surface area contributed by atoms with E-state index < -0.39 is 0 Å². The van der Waals surface area contributed by atoms with Crippen LogP contribution in [0.2, 0.25) is 0 Å². The van der Waals surface area contributed by atoms with Gasteiger partial charge in [0.15, 0.2) is 5.96 Å². The Morgan fingerprint density at radius 3 is 2.37 bits per heavy atom. The SMILES string of the molecule is CCNC(=NCC1CN2CCN1CC2)N1CCN(CC(=O)NC2CC2)CC1. The molecule has 4 aliphatic heterocycles. The summed E-state index contributed by atoms with van der Waals surface area (Å²) in [6.07, 6.45) is 2.30. The van der Waals surface area contributed by atoms with Gasteiger partial charge in [-0.15, -0.1) is 0 Å². The van der Waals surface area contributed by atoms with Crippen LogP contribution in [0, 0.1) is 0 Å². The van der Waals surface area contributed by atoms with Crippen molar-refractivity contribution in [3.8, 4) is 0 Å². The predicted molar refractivity (Wildman–Crippen MR) is 107 cm³/mol. The maximum atomic E-state index is 12.0. The normalized spacial score (nSPS) is 31.8. The van der Waals surface area contributed by atoms with Gasteiger partial charge in [0.2, 0.25) is 5.91 Å². The number of carbonyl (C=O) groups is 1. The van der Waals surface area contributed by atoms with E-state index in [1.54, 1.807) is 0 Å². The molecule has 1 amide bonds. The molecular weight excluding hydrogens is 342 g/mol. The minimum Gasteiger partial charge on any atom is -0.357 e. The second-order valence-corrected chi connectivity index (χ2v) is 8.29. The molecule has 4 saturated heterocycles. The zero-order valence-electron chi connectivity index (χ0n) is 16.7. The number of nitrogens with zero attached hydrogens (tertiary/aromatic N) is 5. The number of rotatable bonds is 6. The first kappa shape index (κ1) is 19.0. The Kier molecular flexibility index (Phi) is 6.14. The van der Waals surface area contributed by atoms with Crippen molar-refractivity contribution >= 4 is 11.9 Å². The lowest BCUT2D eigenvalue weighted by Crippen LogP contribution is -2.62. The molecule has 5 aliphatic rings. The lowest BCUT2D eigenvalue weighted by molar-refractivity contribution is -0.122. The molecule has 4 heterocycles. The summed E-state index contributed by atoms with van der Waals surface area (Å²) in [5.74, 6) is 1.22. The van der Waals surface area contributed by atoms with Crippen LogP contribution in [-0.4, -0.2) is 122 Å². The standard InChI is InChI=1S/C19H35N7O/c1-2-20-19(21-13-17-14-23-5-9-25(17)10-6-23)26-11-7-24(8-12-26)15-18(27)22-16-3-4-16/h16-17H,2-15H2,1H3,(H,20,21)(H,22,27). The van der Waals surface area contributed by atoms with Gasteiger partial charge in [-0.25, -0.2) is 0 Å². The van der Waals surface area contributed by atoms with Crippen molar-refractivity contribution in [2.75, 3.05) is 78.5 Å². The molecule has 0 spiro atoms. The maximum absolute atomic E-state index is 12.0. The maximum Gasteiger partial charge on any atom is 0.234 e. The number of piperazine rings is 4. The highest BCUT2D eigenvalue weighted by Crippen LogP contribution is 2.18. The summed E-state index contributed by atoms with van der Waals surface area (Å²) in [6.45, 7) is 14.1. The van der Waals surface area contributed by atoms with Crippen molar-refractivity contribution in [3.63, 3.8) is 0 Å². The van der Waals surface area contributed by atoms with Gasteiger partial charge >= 0.3 is 0 Å². The molecule has 0 radical (unpaired) electrons. The predicted octanol–water partition coefficient (Wildman–Crippen LogP) is -1.15. The zero-order chi connectivity index (χ0) is 18.6. The van der Waals surface area contributed by atoms with E-state index in [-0.39, 0.29) is 5.91 Å². The van der Waals surface area contributed by atoms with Gasteiger partial charge in [0.25, 0.3) is 0 Å². The van der Waals surface area contributed by atoms with E-state index in [2.05, 4.69) is 37.2 Å². The summed E-state index contributed by atoms with van der Waals surface area (Å²) in [6, 6.07) is 1.02. The van der Waals surface area contributed by atoms with Crippen LogP contribution >= 0.6 is 0 Å². The lowest BCUT2D eigenvalue weighted by atomic mass is 10.1. The molecule has 0 aromatic heterocycles. The number of aliphatic imine (C=N–C) groups is 1. The van der Waals surface area contributed by atoms with Crippen LogP contribution in [-0.2, 0) is 4.79 Å². The van der Waals surface area contributed by atoms with Gasteiger partial charge in [-0.1, -0.05) is 0 Å². The smallest absolute Gasteiger partial charge is 0.234 e. The van der Waals surface area contributed by atoms with Gasteiger partial charge in [0.1, 0.15) is 0 Å². The molecule has 152 valence electrons. The number of hydrogen-bond donors (Lipinski definition) is 2. The first-order chi connectivity index (χ1) is 13.2. The molecule has 8 heteroatoms. The second kappa shape index (κ2) is 8.75. The first-order valence-electron chi connectivity index (χ1n) is 10.7. The molecule has 5 fully saturated rings. The van der Waals surface area contributed by atoms with E-state index >= 15 is 0 Å². The third-order valence-corrected chi connectivity index (χ3v) is 6.16. The fraction of sp³-hybridized carbons (Fsp3) is 0.895. The molecule has 1 saturated carbocycles. The zero-order valence-corrected chi connectivity index (χ0v) is 16.7. The van der Waals surface area contributed by atoms with Gasteiger partial charge in [-0.3, -0.25) is 24.5 Å². The summed E-state index contributed by atoms with van der Waals surface area (Å²) in [5.41, 5.74) is 0. The molecule has 1 atom stereocenters. The molecule has 8 nitrogen and oxygen atoms in total. The Morgan fingerprint density at radius 2 is 1.78 bits per heavy atom. The Morgan fingerprint density at radius 1 is 1.04 bits per heavy atom. The Labute approximate surface area is 162 Å². The van der Waals surface area contributed by atoms with Crippen LogP contribution in [0.25, 0.3) is 0 Å². The van der Waals surface area contributed by atoms with E-state index in [9.17, 15) is 4.79 Å². The summed E-state index contributed by atoms with van der Waals surface area (Å²) in [5, 5.41) is 6.56. The average Bonchev–Trinajstić information content (AvgIpc) is 3.50. The van der Waals surface area contributed by atoms with Crippen LogP contribution in [0.15, 0.2) is 4.99 Å². The van der Waals surface area contributed by atoms with Crippen LogP contribution in [0.4, 0.5) is 0 Å². The van der Waals surface area contributed by atoms with E-state index in [1.165, 1.54) is 26.2 Å². The topological polar surface area (TPSA) is 66.5 Å². The highest BCUT2D eigenvalue weighted by Gasteiger charge is 2.32. The molecular formula is C19H35N7O. The largest absolute Gasteiger partial charge is 0.357 e. The monoisotopic (exact) mass is 377 g/mol. The summed E-state index contributed by atoms with van der Waals surface area (Å²) in [4.78, 5) is 26.8. The van der Waals surface area contributed by atoms with Gasteiger partial charge in [-0.2, -0.15) is 0 Å². The number of amides is 1. The van der Waals surface area contributed by atoms with Gasteiger partial charge in [-0.05, 0) is 19.8 Å². The van der Waals surface area contributed by atoms with Crippen molar-refractivity contribution in [2.24, 2.45) is 4.99 Å². The molecule has 5 rings (SSSR count). The van der Waals surface area contributed by atoms with Crippen LogP contribution in [0.3, 0.4) is 0 Å². The van der Waals surface area contributed by atoms with Gasteiger partial charge in [0.05, 0.1) is 13.1 Å². The number of hydrogen-bond acceptors (Lipinski definition) is 5. The number of nitrogens with one attached hydrogen (secondary N) is 2. The molecule has 1 aliphatic carbocycles. The van der Waals surface area contributed by atoms with Crippen LogP contribution in [0.5, 0.6) is 0 Å². The molecule has 2 N–H and O–H groups in total. The molecule has 0 aromatic rings. The Hall–Kier alpha value is -1.38. The number of guanidine groups is 1. The fourth-order valence-electron chi connectivity index (χ4n) is 4.34. The van der Waals surface area contributed by atoms with Crippen molar-refractivity contribution in [1.29, 1.82) is 0 Å².